The van der Waals surface area contributed by atoms with Crippen LogP contribution in [-0.2, 0) is 11.3 Å². The number of benzene rings is 1. The lowest BCUT2D eigenvalue weighted by Gasteiger charge is -2.18. The van der Waals surface area contributed by atoms with Gasteiger partial charge in [0.2, 0.25) is 12.2 Å². The molecule has 17 heavy (non-hydrogen) atoms. The van der Waals surface area contributed by atoms with Crippen molar-refractivity contribution in [2.75, 3.05) is 28.4 Å². The molecular weight excluding hydrogens is 222 g/mol. The molecule has 1 aromatic carbocycles. The Labute approximate surface area is 101 Å². The Bertz CT molecular complexity index is 392. The van der Waals surface area contributed by atoms with E-state index >= 15 is 0 Å². The summed E-state index contributed by atoms with van der Waals surface area (Å²) in [7, 11) is 6.37. The molecule has 0 saturated carbocycles. The van der Waals surface area contributed by atoms with Crippen molar-refractivity contribution < 1.29 is 19.0 Å². The SMILES string of the molecule is COc1ccc(CN(C)C=O)c(OC)c1OC. The zero-order valence-corrected chi connectivity index (χ0v) is 10.5. The molecule has 1 aromatic rings. The average Bonchev–Trinajstić information content (AvgIpc) is 2.37. The second kappa shape index (κ2) is 5.98. The number of hydrogen-bond donors (Lipinski definition) is 0. The van der Waals surface area contributed by atoms with Crippen LogP contribution in [-0.4, -0.2) is 39.7 Å². The number of amides is 1. The topological polar surface area (TPSA) is 48.0 Å². The summed E-state index contributed by atoms with van der Waals surface area (Å²) in [5.74, 6) is 1.72. The van der Waals surface area contributed by atoms with Gasteiger partial charge in [-0.3, -0.25) is 4.79 Å². The van der Waals surface area contributed by atoms with E-state index in [4.69, 9.17) is 14.2 Å². The second-order valence-corrected chi connectivity index (χ2v) is 3.51. The van der Waals surface area contributed by atoms with Gasteiger partial charge in [-0.05, 0) is 12.1 Å². The van der Waals surface area contributed by atoms with Gasteiger partial charge in [-0.15, -0.1) is 0 Å². The summed E-state index contributed by atoms with van der Waals surface area (Å²) in [6, 6.07) is 3.63. The molecule has 0 N–H and O–H groups in total. The number of methoxy groups -OCH3 is 3. The van der Waals surface area contributed by atoms with E-state index in [2.05, 4.69) is 0 Å². The summed E-state index contributed by atoms with van der Waals surface area (Å²) in [5.41, 5.74) is 0.861. The van der Waals surface area contributed by atoms with Crippen LogP contribution in [0.4, 0.5) is 0 Å². The largest absolute Gasteiger partial charge is 0.493 e. The molecule has 0 aromatic heterocycles. The van der Waals surface area contributed by atoms with Crippen molar-refractivity contribution in [3.05, 3.63) is 17.7 Å². The highest BCUT2D eigenvalue weighted by atomic mass is 16.5. The first-order chi connectivity index (χ1) is 8.17. The molecule has 5 heteroatoms. The number of rotatable bonds is 6. The lowest BCUT2D eigenvalue weighted by atomic mass is 10.1. The van der Waals surface area contributed by atoms with Crippen LogP contribution in [0.25, 0.3) is 0 Å². The number of nitrogens with zero attached hydrogens (tertiary/aromatic N) is 1. The third-order valence-electron chi connectivity index (χ3n) is 2.39. The van der Waals surface area contributed by atoms with Crippen molar-refractivity contribution >= 4 is 6.41 Å². The van der Waals surface area contributed by atoms with Crippen molar-refractivity contribution in [1.29, 1.82) is 0 Å². The number of hydrogen-bond acceptors (Lipinski definition) is 4. The Hall–Kier alpha value is -1.91. The minimum atomic E-state index is 0.451. The van der Waals surface area contributed by atoms with Crippen molar-refractivity contribution in [1.82, 2.24) is 4.90 Å². The van der Waals surface area contributed by atoms with Crippen LogP contribution in [0, 0.1) is 0 Å². The summed E-state index contributed by atoms with van der Waals surface area (Å²) in [4.78, 5) is 12.1. The molecule has 1 rings (SSSR count). The van der Waals surface area contributed by atoms with E-state index in [9.17, 15) is 4.79 Å². The zero-order valence-electron chi connectivity index (χ0n) is 10.5. The van der Waals surface area contributed by atoms with Gasteiger partial charge in [-0.25, -0.2) is 0 Å². The molecule has 0 atom stereocenters. The monoisotopic (exact) mass is 239 g/mol. The first kappa shape index (κ1) is 13.2. The molecule has 0 unspecified atom stereocenters. The predicted octanol–water partition coefficient (Wildman–Crippen LogP) is 1.30. The quantitative estimate of drug-likeness (QED) is 0.702. The average molecular weight is 239 g/mol. The molecule has 5 nitrogen and oxygen atoms in total. The maximum absolute atomic E-state index is 10.6. The highest BCUT2D eigenvalue weighted by Crippen LogP contribution is 2.39. The lowest BCUT2D eigenvalue weighted by Crippen LogP contribution is -2.15. The minimum Gasteiger partial charge on any atom is -0.493 e. The molecule has 0 heterocycles. The summed E-state index contributed by atoms with van der Waals surface area (Å²) in [6.07, 6.45) is 0.760. The second-order valence-electron chi connectivity index (χ2n) is 3.51. The van der Waals surface area contributed by atoms with Gasteiger partial charge in [0.1, 0.15) is 0 Å². The molecule has 0 fully saturated rings. The first-order valence-electron chi connectivity index (χ1n) is 5.11. The van der Waals surface area contributed by atoms with E-state index in [1.807, 2.05) is 6.07 Å². The van der Waals surface area contributed by atoms with Gasteiger partial charge >= 0.3 is 0 Å². The molecule has 94 valence electrons. The standard InChI is InChI=1S/C12H17NO4/c1-13(8-14)7-9-5-6-10(15-2)12(17-4)11(9)16-3/h5-6,8H,7H2,1-4H3. The van der Waals surface area contributed by atoms with Gasteiger partial charge in [0.15, 0.2) is 11.5 Å². The highest BCUT2D eigenvalue weighted by molar-refractivity contribution is 5.56. The summed E-state index contributed by atoms with van der Waals surface area (Å²) in [5, 5.41) is 0. The van der Waals surface area contributed by atoms with Crippen LogP contribution >= 0.6 is 0 Å². The Morgan fingerprint density at radius 3 is 2.24 bits per heavy atom. The molecule has 1 amide bonds. The van der Waals surface area contributed by atoms with Crippen LogP contribution in [0.3, 0.4) is 0 Å². The Morgan fingerprint density at radius 2 is 1.76 bits per heavy atom. The number of carbonyl (C=O) groups excluding carboxylic acids is 1. The number of carbonyl (C=O) groups is 1. The molecule has 0 aliphatic carbocycles. The Morgan fingerprint density at radius 1 is 1.12 bits per heavy atom. The molecule has 0 spiro atoms. The maximum atomic E-state index is 10.6. The molecule has 0 saturated heterocycles. The third kappa shape index (κ3) is 2.81. The van der Waals surface area contributed by atoms with Crippen LogP contribution in [0.5, 0.6) is 17.2 Å². The third-order valence-corrected chi connectivity index (χ3v) is 2.39. The highest BCUT2D eigenvalue weighted by Gasteiger charge is 2.16. The molecule has 0 aliphatic rings. The summed E-state index contributed by atoms with van der Waals surface area (Å²) >= 11 is 0. The van der Waals surface area contributed by atoms with Crippen LogP contribution < -0.4 is 14.2 Å². The van der Waals surface area contributed by atoms with Crippen molar-refractivity contribution in [2.45, 2.75) is 6.54 Å². The van der Waals surface area contributed by atoms with Crippen LogP contribution in [0.2, 0.25) is 0 Å². The van der Waals surface area contributed by atoms with E-state index in [-0.39, 0.29) is 0 Å². The van der Waals surface area contributed by atoms with Gasteiger partial charge in [-0.1, -0.05) is 0 Å². The van der Waals surface area contributed by atoms with Crippen molar-refractivity contribution in [3.8, 4) is 17.2 Å². The lowest BCUT2D eigenvalue weighted by molar-refractivity contribution is -0.117. The van der Waals surface area contributed by atoms with Crippen LogP contribution in [0.15, 0.2) is 12.1 Å². The van der Waals surface area contributed by atoms with E-state index in [0.717, 1.165) is 12.0 Å². The summed E-state index contributed by atoms with van der Waals surface area (Å²) in [6.45, 7) is 0.451. The Kier molecular flexibility index (Phi) is 4.63. The Balaban J connectivity index is 3.18. The van der Waals surface area contributed by atoms with Gasteiger partial charge in [-0.2, -0.15) is 0 Å². The van der Waals surface area contributed by atoms with E-state index in [0.29, 0.717) is 23.8 Å². The molecule has 0 radical (unpaired) electrons. The van der Waals surface area contributed by atoms with Gasteiger partial charge in [0.25, 0.3) is 0 Å². The van der Waals surface area contributed by atoms with E-state index < -0.39 is 0 Å². The first-order valence-corrected chi connectivity index (χ1v) is 5.11. The summed E-state index contributed by atoms with van der Waals surface area (Å²) < 4.78 is 15.7. The zero-order chi connectivity index (χ0) is 12.8. The molecule has 0 aliphatic heterocycles. The normalized spacial score (nSPS) is 9.65. The van der Waals surface area contributed by atoms with Gasteiger partial charge in [0, 0.05) is 19.2 Å². The van der Waals surface area contributed by atoms with E-state index in [1.165, 1.54) is 4.90 Å². The van der Waals surface area contributed by atoms with Gasteiger partial charge in [0.05, 0.1) is 21.3 Å². The maximum Gasteiger partial charge on any atom is 0.209 e. The fraction of sp³-hybridized carbons (Fsp3) is 0.417. The van der Waals surface area contributed by atoms with E-state index in [1.54, 1.807) is 34.4 Å². The van der Waals surface area contributed by atoms with Crippen molar-refractivity contribution in [3.63, 3.8) is 0 Å². The van der Waals surface area contributed by atoms with Crippen LogP contribution in [0.1, 0.15) is 5.56 Å². The fourth-order valence-corrected chi connectivity index (χ4v) is 1.59. The van der Waals surface area contributed by atoms with Gasteiger partial charge < -0.3 is 19.1 Å². The predicted molar refractivity (Wildman–Crippen MR) is 63.6 cm³/mol. The smallest absolute Gasteiger partial charge is 0.209 e. The number of ether oxygens (including phenoxy) is 3. The fourth-order valence-electron chi connectivity index (χ4n) is 1.59. The molecule has 0 bridgehead atoms. The minimum absolute atomic E-state index is 0.451. The molecular formula is C12H17NO4. The van der Waals surface area contributed by atoms with Crippen molar-refractivity contribution in [2.24, 2.45) is 0 Å².